The van der Waals surface area contributed by atoms with Crippen LogP contribution >= 0.6 is 0 Å². The first kappa shape index (κ1) is 32.9. The largest absolute Gasteiger partial charge is 2.00 e. The molecule has 0 aliphatic rings. The molecule has 0 N–H and O–H groups in total. The number of hydrogen-bond acceptors (Lipinski definition) is 1. The molecule has 0 atom stereocenters. The summed E-state index contributed by atoms with van der Waals surface area (Å²) in [5, 5.41) is -9.33. The van der Waals surface area contributed by atoms with Crippen LogP contribution in [0.3, 0.4) is 0 Å². The van der Waals surface area contributed by atoms with Crippen molar-refractivity contribution in [2.75, 3.05) is 0 Å². The van der Waals surface area contributed by atoms with Gasteiger partial charge in [-0.1, -0.05) is 0 Å². The summed E-state index contributed by atoms with van der Waals surface area (Å²) in [4.78, 5) is 13.6. The van der Waals surface area contributed by atoms with E-state index in [0.29, 0.717) is 0 Å². The van der Waals surface area contributed by atoms with Gasteiger partial charge >= 0.3 is 23.1 Å². The fourth-order valence-electron chi connectivity index (χ4n) is 3.12. The van der Waals surface area contributed by atoms with E-state index in [2.05, 4.69) is 0 Å². The molecule has 0 fully saturated rings. The van der Waals surface area contributed by atoms with Crippen molar-refractivity contribution >= 4 is 46.9 Å². The third-order valence-corrected chi connectivity index (χ3v) is 8.11. The summed E-state index contributed by atoms with van der Waals surface area (Å²) in [7, 11) is -7.84. The molecule has 0 unspecified atom stereocenters. The van der Waals surface area contributed by atoms with Crippen molar-refractivity contribution in [1.82, 2.24) is 0 Å². The molecular weight excluding hydrogens is 605 g/mol. The molecule has 0 aliphatic carbocycles. The number of rotatable bonds is 3. The first-order valence-corrected chi connectivity index (χ1v) is 10.2. The van der Waals surface area contributed by atoms with Gasteiger partial charge in [-0.05, 0) is 0 Å². The Kier molecular flexibility index (Phi) is 9.69. The Labute approximate surface area is 217 Å². The van der Waals surface area contributed by atoms with Crippen LogP contribution in [0.4, 0.5) is 65.9 Å². The van der Waals surface area contributed by atoms with E-state index in [0.717, 1.165) is 0 Å². The van der Waals surface area contributed by atoms with Crippen LogP contribution in [-0.4, -0.2) is 31.4 Å². The molecule has 0 heterocycles. The second kappa shape index (κ2) is 10.9. The first-order valence-electron chi connectivity index (χ1n) is 8.29. The Morgan fingerprint density at radius 2 is 0.405 bits per heavy atom. The molecule has 37 heavy (non-hydrogen) atoms. The van der Waals surface area contributed by atoms with Gasteiger partial charge in [0, 0.05) is 15.6 Å². The van der Waals surface area contributed by atoms with E-state index in [1.165, 1.54) is 0 Å². The van der Waals surface area contributed by atoms with Gasteiger partial charge in [-0.25, -0.2) is 65.9 Å². The minimum absolute atomic E-state index is 0. The fraction of sp³-hybridized carbons (Fsp3) is 0. The quantitative estimate of drug-likeness (QED) is 0.133. The Morgan fingerprint density at radius 3 is 0.541 bits per heavy atom. The summed E-state index contributed by atoms with van der Waals surface area (Å²) in [5.41, 5.74) is 0. The van der Waals surface area contributed by atoms with Crippen molar-refractivity contribution in [3.05, 3.63) is 87.3 Å². The summed E-state index contributed by atoms with van der Waals surface area (Å²) in [6.45, 7) is 0. The maximum Gasteiger partial charge on any atom is 2.00 e. The molecule has 0 saturated carbocycles. The van der Waals surface area contributed by atoms with Gasteiger partial charge in [-0.15, -0.1) is 0 Å². The molecule has 196 valence electrons. The fourth-order valence-corrected chi connectivity index (χ4v) is 6.38. The predicted molar refractivity (Wildman–Crippen MR) is 89.1 cm³/mol. The maximum absolute atomic E-state index is 14.5. The van der Waals surface area contributed by atoms with Crippen LogP contribution in [0.25, 0.3) is 0 Å². The zero-order chi connectivity index (χ0) is 26.9. The van der Waals surface area contributed by atoms with E-state index in [-0.39, 0.29) is 35.5 Å². The normalized spacial score (nSPS) is 11.4. The van der Waals surface area contributed by atoms with Gasteiger partial charge in [0.15, 0.2) is 69.8 Å². The first-order chi connectivity index (χ1) is 16.0. The second-order valence-electron chi connectivity index (χ2n) is 6.52. The topological polar surface area (TPSA) is 23.1 Å². The second-order valence-corrected chi connectivity index (χ2v) is 9.38. The van der Waals surface area contributed by atoms with Gasteiger partial charge in [0.25, 0.3) is 0 Å². The van der Waals surface area contributed by atoms with Crippen molar-refractivity contribution in [1.29, 1.82) is 0 Å². The zero-order valence-corrected chi connectivity index (χ0v) is 19.8. The van der Waals surface area contributed by atoms with E-state index in [4.69, 9.17) is 0 Å². The van der Waals surface area contributed by atoms with Crippen molar-refractivity contribution < 1.29 is 83.1 Å². The van der Waals surface area contributed by atoms with Gasteiger partial charge in [-0.2, -0.15) is 0 Å². The minimum Gasteiger partial charge on any atom is -1.00 e. The van der Waals surface area contributed by atoms with E-state index in [1.807, 2.05) is 0 Å². The molecule has 0 bridgehead atoms. The minimum atomic E-state index is -7.84. The molecule has 0 aliphatic heterocycles. The Bertz CT molecular complexity index is 1180. The Morgan fingerprint density at radius 1 is 0.297 bits per heavy atom. The smallest absolute Gasteiger partial charge is 1.00 e. The van der Waals surface area contributed by atoms with Crippen molar-refractivity contribution in [2.45, 2.75) is 0 Å². The molecule has 0 spiro atoms. The van der Waals surface area contributed by atoms with Crippen LogP contribution in [0.2, 0.25) is 0 Å². The van der Waals surface area contributed by atoms with Crippen molar-refractivity contribution in [2.24, 2.45) is 0 Å². The van der Waals surface area contributed by atoms with Crippen LogP contribution in [-0.2, 0) is 0 Å². The van der Waals surface area contributed by atoms with Gasteiger partial charge in [-0.3, -0.25) is 0 Å². The van der Waals surface area contributed by atoms with E-state index in [9.17, 15) is 70.7 Å². The van der Waals surface area contributed by atoms with E-state index < -0.39 is 111 Å². The molecule has 3 aromatic rings. The third kappa shape index (κ3) is 4.45. The monoisotopic (exact) mass is 604 g/mol. The molecular formula is C18ClF15MgOSi. The number of hydrogen-bond donors (Lipinski definition) is 0. The molecule has 0 amide bonds. The van der Waals surface area contributed by atoms with Crippen LogP contribution in [0.15, 0.2) is 0 Å². The van der Waals surface area contributed by atoms with Crippen LogP contribution in [0.5, 0.6) is 0 Å². The van der Waals surface area contributed by atoms with Gasteiger partial charge in [0.1, 0.15) is 0 Å². The number of halogens is 16. The molecule has 1 nitrogen and oxygen atoms in total. The van der Waals surface area contributed by atoms with E-state index >= 15 is 0 Å². The van der Waals surface area contributed by atoms with Crippen LogP contribution in [0, 0.1) is 87.3 Å². The van der Waals surface area contributed by atoms with Crippen LogP contribution < -0.4 is 32.8 Å². The summed E-state index contributed by atoms with van der Waals surface area (Å²) >= 11 is 0. The summed E-state index contributed by atoms with van der Waals surface area (Å²) in [5.74, 6) is -48.2. The standard InChI is InChI=1S/C18F15OSi.ClH.Mg/c19-1-4(22)10(28)16(11(29)5(1)23)35(34,17-12(30)6(24)2(20)7(25)13(17)31)18-14(32)8(26)3(21)9(27)15(18)33;;/h;1H;/q-1;;+2/p-1. The zero-order valence-electron chi connectivity index (χ0n) is 16.7. The average molecular weight is 605 g/mol. The third-order valence-electron chi connectivity index (χ3n) is 4.69. The summed E-state index contributed by atoms with van der Waals surface area (Å²) in [6.07, 6.45) is 0. The SMILES string of the molecule is [Cl-].[Mg+2].[O-][Si](c1c(F)c(F)c(F)c(F)c1F)(c1c(F)c(F)c(F)c(F)c1F)c1c(F)c(F)c(F)c(F)c1F. The Hall–Kier alpha value is -2.16. The van der Waals surface area contributed by atoms with Crippen molar-refractivity contribution in [3.63, 3.8) is 0 Å². The molecule has 0 radical (unpaired) electrons. The summed E-state index contributed by atoms with van der Waals surface area (Å²) in [6, 6.07) is 0. The van der Waals surface area contributed by atoms with E-state index in [1.54, 1.807) is 0 Å². The van der Waals surface area contributed by atoms with Gasteiger partial charge in [0.2, 0.25) is 17.5 Å². The molecule has 3 aromatic carbocycles. The molecule has 0 saturated heterocycles. The molecule has 0 aromatic heterocycles. The molecule has 3 rings (SSSR count). The van der Waals surface area contributed by atoms with Gasteiger partial charge in [0.05, 0.1) is 8.32 Å². The summed E-state index contributed by atoms with van der Waals surface area (Å²) < 4.78 is 209. The molecule has 19 heteroatoms. The number of benzene rings is 3. The van der Waals surface area contributed by atoms with Gasteiger partial charge < -0.3 is 17.2 Å². The van der Waals surface area contributed by atoms with Crippen molar-refractivity contribution in [3.8, 4) is 0 Å². The maximum atomic E-state index is 14.5. The predicted octanol–water partition coefficient (Wildman–Crippen LogP) is -0.276. The average Bonchev–Trinajstić information content (AvgIpc) is 2.81. The van der Waals surface area contributed by atoms with Crippen LogP contribution in [0.1, 0.15) is 0 Å². The Balaban J connectivity index is 0.00000342.